The van der Waals surface area contributed by atoms with Gasteiger partial charge in [-0.15, -0.1) is 0 Å². The average Bonchev–Trinajstić information content (AvgIpc) is 2.43. The quantitative estimate of drug-likeness (QED) is 0.850. The Labute approximate surface area is 122 Å². The molecule has 4 heteroatoms. The highest BCUT2D eigenvalue weighted by molar-refractivity contribution is 5.85. The molecular formula is C17H15FO3. The zero-order valence-corrected chi connectivity index (χ0v) is 11.5. The van der Waals surface area contributed by atoms with Gasteiger partial charge in [-0.1, -0.05) is 29.8 Å². The van der Waals surface area contributed by atoms with Crippen LogP contribution in [0.25, 0.3) is 6.08 Å². The maximum absolute atomic E-state index is 13.5. The number of carbonyl (C=O) groups is 1. The Hall–Kier alpha value is -2.62. The van der Waals surface area contributed by atoms with Crippen LogP contribution in [0.3, 0.4) is 0 Å². The molecular weight excluding hydrogens is 271 g/mol. The number of rotatable bonds is 5. The number of hydrogen-bond donors (Lipinski definition) is 1. The molecule has 0 aliphatic carbocycles. The first-order valence-electron chi connectivity index (χ1n) is 6.43. The fourth-order valence-electron chi connectivity index (χ4n) is 1.90. The molecule has 21 heavy (non-hydrogen) atoms. The molecule has 0 aromatic heterocycles. The molecule has 108 valence electrons. The van der Waals surface area contributed by atoms with Crippen molar-refractivity contribution in [3.05, 3.63) is 71.0 Å². The van der Waals surface area contributed by atoms with Crippen LogP contribution < -0.4 is 4.74 Å². The van der Waals surface area contributed by atoms with Crippen LogP contribution in [-0.4, -0.2) is 11.1 Å². The molecule has 0 atom stereocenters. The molecule has 3 nitrogen and oxygen atoms in total. The van der Waals surface area contributed by atoms with E-state index in [1.165, 1.54) is 18.2 Å². The summed E-state index contributed by atoms with van der Waals surface area (Å²) in [6.07, 6.45) is 2.28. The van der Waals surface area contributed by atoms with Gasteiger partial charge >= 0.3 is 5.97 Å². The Morgan fingerprint density at radius 2 is 2.10 bits per heavy atom. The predicted octanol–water partition coefficient (Wildman–Crippen LogP) is 3.81. The molecule has 0 saturated carbocycles. The lowest BCUT2D eigenvalue weighted by molar-refractivity contribution is -0.131. The van der Waals surface area contributed by atoms with Crippen molar-refractivity contribution in [3.8, 4) is 5.75 Å². The van der Waals surface area contributed by atoms with Crippen LogP contribution in [0.1, 0.15) is 16.7 Å². The van der Waals surface area contributed by atoms with E-state index in [9.17, 15) is 9.18 Å². The summed E-state index contributed by atoms with van der Waals surface area (Å²) in [7, 11) is 0. The Morgan fingerprint density at radius 3 is 2.81 bits per heavy atom. The highest BCUT2D eigenvalue weighted by Gasteiger charge is 2.02. The first kappa shape index (κ1) is 14.8. The van der Waals surface area contributed by atoms with Crippen LogP contribution >= 0.6 is 0 Å². The van der Waals surface area contributed by atoms with Crippen molar-refractivity contribution < 1.29 is 19.0 Å². The topological polar surface area (TPSA) is 46.5 Å². The van der Waals surface area contributed by atoms with Crippen LogP contribution in [0.15, 0.2) is 48.5 Å². The first-order valence-corrected chi connectivity index (χ1v) is 6.43. The van der Waals surface area contributed by atoms with Gasteiger partial charge in [-0.3, -0.25) is 0 Å². The Morgan fingerprint density at radius 1 is 1.29 bits per heavy atom. The van der Waals surface area contributed by atoms with Gasteiger partial charge in [0.05, 0.1) is 0 Å². The molecule has 2 aromatic rings. The van der Waals surface area contributed by atoms with E-state index in [0.717, 1.165) is 17.2 Å². The molecule has 0 radical (unpaired) electrons. The minimum Gasteiger partial charge on any atom is -0.489 e. The molecule has 0 bridgehead atoms. The maximum atomic E-state index is 13.5. The second-order valence-corrected chi connectivity index (χ2v) is 4.67. The zero-order chi connectivity index (χ0) is 15.2. The van der Waals surface area contributed by atoms with Gasteiger partial charge in [-0.05, 0) is 36.3 Å². The summed E-state index contributed by atoms with van der Waals surface area (Å²) >= 11 is 0. The number of carboxylic acids is 1. The zero-order valence-electron chi connectivity index (χ0n) is 11.5. The van der Waals surface area contributed by atoms with Crippen molar-refractivity contribution in [1.82, 2.24) is 0 Å². The summed E-state index contributed by atoms with van der Waals surface area (Å²) in [5, 5.41) is 8.58. The van der Waals surface area contributed by atoms with Gasteiger partial charge in [0, 0.05) is 12.1 Å². The molecule has 0 aliphatic rings. The molecule has 0 heterocycles. The summed E-state index contributed by atoms with van der Waals surface area (Å²) in [6.45, 7) is 2.31. The van der Waals surface area contributed by atoms with E-state index in [0.29, 0.717) is 17.9 Å². The maximum Gasteiger partial charge on any atom is 0.328 e. The normalized spacial score (nSPS) is 10.8. The van der Waals surface area contributed by atoms with Gasteiger partial charge in [0.15, 0.2) is 0 Å². The number of benzene rings is 2. The van der Waals surface area contributed by atoms with Crippen LogP contribution in [-0.2, 0) is 11.4 Å². The van der Waals surface area contributed by atoms with Crippen LogP contribution in [0.5, 0.6) is 5.75 Å². The average molecular weight is 286 g/mol. The van der Waals surface area contributed by atoms with Crippen molar-refractivity contribution in [3.63, 3.8) is 0 Å². The predicted molar refractivity (Wildman–Crippen MR) is 78.6 cm³/mol. The highest BCUT2D eigenvalue weighted by Crippen LogP contribution is 2.19. The van der Waals surface area contributed by atoms with E-state index < -0.39 is 11.8 Å². The fraction of sp³-hybridized carbons (Fsp3) is 0.118. The fourth-order valence-corrected chi connectivity index (χ4v) is 1.90. The Bertz CT molecular complexity index is 677. The minimum atomic E-state index is -1.08. The molecule has 0 saturated heterocycles. The van der Waals surface area contributed by atoms with Crippen molar-refractivity contribution >= 4 is 12.0 Å². The van der Waals surface area contributed by atoms with Gasteiger partial charge < -0.3 is 9.84 Å². The third-order valence-electron chi connectivity index (χ3n) is 2.80. The standard InChI is InChI=1S/C17H15FO3/c1-12-3-2-4-14(7-12)11-21-16-9-13(5-6-17(19)20)8-15(18)10-16/h2-10H,11H2,1H3,(H,19,20)/b6-5+. The second kappa shape index (κ2) is 6.70. The van der Waals surface area contributed by atoms with E-state index in [2.05, 4.69) is 0 Å². The van der Waals surface area contributed by atoms with Crippen molar-refractivity contribution in [2.24, 2.45) is 0 Å². The number of carboxylic acid groups (broad SMARTS) is 1. The highest BCUT2D eigenvalue weighted by atomic mass is 19.1. The number of ether oxygens (including phenoxy) is 1. The smallest absolute Gasteiger partial charge is 0.328 e. The Kier molecular flexibility index (Phi) is 4.72. The molecule has 2 aromatic carbocycles. The van der Waals surface area contributed by atoms with Gasteiger partial charge in [0.1, 0.15) is 18.2 Å². The monoisotopic (exact) mass is 286 g/mol. The van der Waals surface area contributed by atoms with Gasteiger partial charge in [-0.2, -0.15) is 0 Å². The van der Waals surface area contributed by atoms with Gasteiger partial charge in [-0.25, -0.2) is 9.18 Å². The van der Waals surface area contributed by atoms with Gasteiger partial charge in [0.25, 0.3) is 0 Å². The number of aryl methyl sites for hydroxylation is 1. The summed E-state index contributed by atoms with van der Waals surface area (Å²) in [5.41, 5.74) is 2.55. The summed E-state index contributed by atoms with van der Waals surface area (Å²) < 4.78 is 19.0. The van der Waals surface area contributed by atoms with Crippen molar-refractivity contribution in [2.75, 3.05) is 0 Å². The van der Waals surface area contributed by atoms with Crippen LogP contribution in [0.4, 0.5) is 4.39 Å². The lowest BCUT2D eigenvalue weighted by Crippen LogP contribution is -1.96. The lowest BCUT2D eigenvalue weighted by atomic mass is 10.1. The molecule has 0 amide bonds. The molecule has 0 fully saturated rings. The molecule has 1 N–H and O–H groups in total. The number of aliphatic carboxylic acids is 1. The van der Waals surface area contributed by atoms with E-state index in [4.69, 9.17) is 9.84 Å². The van der Waals surface area contributed by atoms with E-state index in [1.54, 1.807) is 6.07 Å². The third-order valence-corrected chi connectivity index (χ3v) is 2.80. The second-order valence-electron chi connectivity index (χ2n) is 4.67. The third kappa shape index (κ3) is 4.76. The molecule has 0 spiro atoms. The summed E-state index contributed by atoms with van der Waals surface area (Å²) in [6, 6.07) is 12.0. The minimum absolute atomic E-state index is 0.327. The van der Waals surface area contributed by atoms with Crippen LogP contribution in [0.2, 0.25) is 0 Å². The summed E-state index contributed by atoms with van der Waals surface area (Å²) in [4.78, 5) is 10.5. The van der Waals surface area contributed by atoms with E-state index >= 15 is 0 Å². The molecule has 0 aliphatic heterocycles. The molecule has 0 unspecified atom stereocenters. The SMILES string of the molecule is Cc1cccc(COc2cc(F)cc(/C=C/C(=O)O)c2)c1. The largest absolute Gasteiger partial charge is 0.489 e. The van der Waals surface area contributed by atoms with Crippen molar-refractivity contribution in [2.45, 2.75) is 13.5 Å². The van der Waals surface area contributed by atoms with Crippen LogP contribution in [0, 0.1) is 12.7 Å². The Balaban J connectivity index is 2.11. The first-order chi connectivity index (χ1) is 10.0. The number of halogens is 1. The molecule has 2 rings (SSSR count). The lowest BCUT2D eigenvalue weighted by Gasteiger charge is -2.08. The van der Waals surface area contributed by atoms with E-state index in [-0.39, 0.29) is 0 Å². The van der Waals surface area contributed by atoms with Gasteiger partial charge in [0.2, 0.25) is 0 Å². The van der Waals surface area contributed by atoms with E-state index in [1.807, 2.05) is 31.2 Å². The van der Waals surface area contributed by atoms with Crippen molar-refractivity contribution in [1.29, 1.82) is 0 Å². The number of hydrogen-bond acceptors (Lipinski definition) is 2. The summed E-state index contributed by atoms with van der Waals surface area (Å²) in [5.74, 6) is -1.19.